The van der Waals surface area contributed by atoms with Gasteiger partial charge in [0.15, 0.2) is 0 Å². The number of aryl methyl sites for hydroxylation is 1. The van der Waals surface area contributed by atoms with Crippen molar-refractivity contribution in [2.24, 2.45) is 0 Å². The van der Waals surface area contributed by atoms with Gasteiger partial charge < -0.3 is 9.63 Å². The van der Waals surface area contributed by atoms with Crippen molar-refractivity contribution in [3.63, 3.8) is 0 Å². The van der Waals surface area contributed by atoms with Crippen molar-refractivity contribution >= 4 is 11.3 Å². The Morgan fingerprint density at radius 1 is 1.26 bits per heavy atom. The Hall–Kier alpha value is -2.14. The highest BCUT2D eigenvalue weighted by molar-refractivity contribution is 7.08. The van der Waals surface area contributed by atoms with E-state index in [0.29, 0.717) is 18.1 Å². The lowest BCUT2D eigenvalue weighted by Crippen LogP contribution is -1.89. The molecule has 4 nitrogen and oxygen atoms in total. The molecule has 0 aliphatic carbocycles. The van der Waals surface area contributed by atoms with Gasteiger partial charge in [-0.05, 0) is 23.9 Å². The zero-order valence-electron chi connectivity index (χ0n) is 10.3. The fourth-order valence-electron chi connectivity index (χ4n) is 1.85. The van der Waals surface area contributed by atoms with Crippen LogP contribution in [-0.2, 0) is 6.42 Å². The van der Waals surface area contributed by atoms with E-state index in [9.17, 15) is 5.11 Å². The lowest BCUT2D eigenvalue weighted by atomic mass is 10.1. The first-order valence-corrected chi connectivity index (χ1v) is 6.81. The minimum absolute atomic E-state index is 0.244. The van der Waals surface area contributed by atoms with Gasteiger partial charge in [-0.25, -0.2) is 0 Å². The highest BCUT2D eigenvalue weighted by atomic mass is 32.1. The molecule has 1 aromatic carbocycles. The second kappa shape index (κ2) is 4.85. The topological polar surface area (TPSA) is 59.2 Å². The molecule has 0 unspecified atom stereocenters. The minimum Gasteiger partial charge on any atom is -0.508 e. The first-order valence-electron chi connectivity index (χ1n) is 5.86. The third-order valence-corrected chi connectivity index (χ3v) is 3.76. The standard InChI is InChI=1S/C14H12N2O2S/c1-9-7-19-8-11(9)14-15-13(18-16-14)6-10-4-2-3-5-12(10)17/h2-5,7-8,17H,6H2,1H3. The van der Waals surface area contributed by atoms with E-state index < -0.39 is 0 Å². The molecule has 19 heavy (non-hydrogen) atoms. The SMILES string of the molecule is Cc1cscc1-c1noc(Cc2ccccc2O)n1. The van der Waals surface area contributed by atoms with Crippen LogP contribution in [0.3, 0.4) is 0 Å². The van der Waals surface area contributed by atoms with E-state index in [4.69, 9.17) is 4.52 Å². The summed E-state index contributed by atoms with van der Waals surface area (Å²) in [5.41, 5.74) is 2.91. The van der Waals surface area contributed by atoms with Crippen molar-refractivity contribution in [3.05, 3.63) is 52.0 Å². The summed E-state index contributed by atoms with van der Waals surface area (Å²) in [5, 5.41) is 17.8. The number of rotatable bonds is 3. The Morgan fingerprint density at radius 2 is 2.11 bits per heavy atom. The minimum atomic E-state index is 0.244. The number of phenols is 1. The smallest absolute Gasteiger partial charge is 0.231 e. The van der Waals surface area contributed by atoms with Crippen molar-refractivity contribution in [3.8, 4) is 17.1 Å². The van der Waals surface area contributed by atoms with Gasteiger partial charge in [-0.2, -0.15) is 16.3 Å². The van der Waals surface area contributed by atoms with Crippen molar-refractivity contribution in [2.75, 3.05) is 0 Å². The predicted octanol–water partition coefficient (Wildman–Crippen LogP) is 3.40. The molecule has 0 saturated carbocycles. The summed E-state index contributed by atoms with van der Waals surface area (Å²) in [5.74, 6) is 1.35. The fraction of sp³-hybridized carbons (Fsp3) is 0.143. The molecule has 5 heteroatoms. The molecule has 2 heterocycles. The predicted molar refractivity (Wildman–Crippen MR) is 73.3 cm³/mol. The summed E-state index contributed by atoms with van der Waals surface area (Å²) in [7, 11) is 0. The van der Waals surface area contributed by atoms with Crippen LogP contribution in [0.4, 0.5) is 0 Å². The number of benzene rings is 1. The number of hydrogen-bond donors (Lipinski definition) is 1. The van der Waals surface area contributed by atoms with Gasteiger partial charge in [0.2, 0.25) is 11.7 Å². The normalized spacial score (nSPS) is 10.8. The molecule has 0 bridgehead atoms. The van der Waals surface area contributed by atoms with Crippen LogP contribution in [0, 0.1) is 6.92 Å². The number of nitrogens with zero attached hydrogens (tertiary/aromatic N) is 2. The second-order valence-corrected chi connectivity index (χ2v) is 5.03. The van der Waals surface area contributed by atoms with Crippen molar-refractivity contribution < 1.29 is 9.63 Å². The monoisotopic (exact) mass is 272 g/mol. The first-order chi connectivity index (χ1) is 9.24. The Kier molecular flexibility index (Phi) is 3.05. The first kappa shape index (κ1) is 11.9. The Balaban J connectivity index is 1.87. The van der Waals surface area contributed by atoms with E-state index in [1.165, 1.54) is 0 Å². The van der Waals surface area contributed by atoms with Crippen molar-refractivity contribution in [1.82, 2.24) is 10.1 Å². The van der Waals surface area contributed by atoms with Gasteiger partial charge in [0.1, 0.15) is 5.75 Å². The highest BCUT2D eigenvalue weighted by Gasteiger charge is 2.13. The van der Waals surface area contributed by atoms with E-state index in [2.05, 4.69) is 10.1 Å². The fourth-order valence-corrected chi connectivity index (χ4v) is 2.68. The number of para-hydroxylation sites is 1. The highest BCUT2D eigenvalue weighted by Crippen LogP contribution is 2.25. The molecule has 3 aromatic rings. The number of aromatic hydroxyl groups is 1. The van der Waals surface area contributed by atoms with Gasteiger partial charge in [-0.1, -0.05) is 23.4 Å². The van der Waals surface area contributed by atoms with Crippen LogP contribution in [0.5, 0.6) is 5.75 Å². The average Bonchev–Trinajstić information content (AvgIpc) is 3.01. The van der Waals surface area contributed by atoms with Crippen LogP contribution in [0.25, 0.3) is 11.4 Å². The van der Waals surface area contributed by atoms with Crippen LogP contribution in [-0.4, -0.2) is 15.2 Å². The van der Waals surface area contributed by atoms with Crippen LogP contribution in [0.2, 0.25) is 0 Å². The summed E-state index contributed by atoms with van der Waals surface area (Å²) >= 11 is 1.62. The maximum absolute atomic E-state index is 9.72. The van der Waals surface area contributed by atoms with Crippen LogP contribution in [0.15, 0.2) is 39.5 Å². The summed E-state index contributed by atoms with van der Waals surface area (Å²) in [6.45, 7) is 2.02. The van der Waals surface area contributed by atoms with E-state index in [1.807, 2.05) is 29.8 Å². The molecular weight excluding hydrogens is 260 g/mol. The molecule has 0 atom stereocenters. The third-order valence-electron chi connectivity index (χ3n) is 2.90. The molecular formula is C14H12N2O2S. The quantitative estimate of drug-likeness (QED) is 0.793. The van der Waals surface area contributed by atoms with E-state index in [1.54, 1.807) is 23.5 Å². The summed E-state index contributed by atoms with van der Waals surface area (Å²) in [6.07, 6.45) is 0.433. The largest absolute Gasteiger partial charge is 0.508 e. The lowest BCUT2D eigenvalue weighted by molar-refractivity contribution is 0.383. The molecule has 0 fully saturated rings. The van der Waals surface area contributed by atoms with Gasteiger partial charge in [0.25, 0.3) is 0 Å². The van der Waals surface area contributed by atoms with Crippen molar-refractivity contribution in [2.45, 2.75) is 13.3 Å². The van der Waals surface area contributed by atoms with Crippen LogP contribution < -0.4 is 0 Å². The Bertz CT molecular complexity index is 703. The molecule has 3 rings (SSSR count). The molecule has 96 valence electrons. The zero-order chi connectivity index (χ0) is 13.2. The third kappa shape index (κ3) is 2.37. The van der Waals surface area contributed by atoms with Crippen molar-refractivity contribution in [1.29, 1.82) is 0 Å². The number of hydrogen-bond acceptors (Lipinski definition) is 5. The van der Waals surface area contributed by atoms with Crippen LogP contribution >= 0.6 is 11.3 Å². The summed E-state index contributed by atoms with van der Waals surface area (Å²) in [4.78, 5) is 4.37. The van der Waals surface area contributed by atoms with E-state index in [0.717, 1.165) is 16.7 Å². The molecule has 0 amide bonds. The Labute approximate surface area is 114 Å². The van der Waals surface area contributed by atoms with Gasteiger partial charge in [0.05, 0.1) is 6.42 Å². The van der Waals surface area contributed by atoms with Gasteiger partial charge >= 0.3 is 0 Å². The number of thiophene rings is 1. The molecule has 2 aromatic heterocycles. The maximum atomic E-state index is 9.72. The van der Waals surface area contributed by atoms with E-state index >= 15 is 0 Å². The molecule has 0 spiro atoms. The summed E-state index contributed by atoms with van der Waals surface area (Å²) in [6, 6.07) is 7.15. The number of phenolic OH excluding ortho intramolecular Hbond substituents is 1. The van der Waals surface area contributed by atoms with Gasteiger partial charge in [-0.3, -0.25) is 0 Å². The van der Waals surface area contributed by atoms with Gasteiger partial charge in [-0.15, -0.1) is 0 Å². The van der Waals surface area contributed by atoms with Crippen LogP contribution in [0.1, 0.15) is 17.0 Å². The molecule has 0 aliphatic rings. The van der Waals surface area contributed by atoms with Gasteiger partial charge in [0, 0.05) is 16.5 Å². The molecule has 0 radical (unpaired) electrons. The zero-order valence-corrected chi connectivity index (χ0v) is 11.1. The molecule has 0 saturated heterocycles. The summed E-state index contributed by atoms with van der Waals surface area (Å²) < 4.78 is 5.23. The lowest BCUT2D eigenvalue weighted by Gasteiger charge is -1.99. The maximum Gasteiger partial charge on any atom is 0.231 e. The Morgan fingerprint density at radius 3 is 2.84 bits per heavy atom. The molecule has 1 N–H and O–H groups in total. The second-order valence-electron chi connectivity index (χ2n) is 4.29. The average molecular weight is 272 g/mol. The van der Waals surface area contributed by atoms with E-state index in [-0.39, 0.29) is 5.75 Å². The number of aromatic nitrogens is 2. The molecule has 0 aliphatic heterocycles.